The van der Waals surface area contributed by atoms with Gasteiger partial charge in [-0.3, -0.25) is 4.98 Å². The molecule has 2 amide bonds. The van der Waals surface area contributed by atoms with Crippen LogP contribution in [0.25, 0.3) is 0 Å². The number of nitrogens with one attached hydrogen (secondary N) is 3. The normalized spacial score (nSPS) is 11.7. The third-order valence-corrected chi connectivity index (χ3v) is 3.10. The van der Waals surface area contributed by atoms with Gasteiger partial charge in [-0.25, -0.2) is 4.79 Å². The van der Waals surface area contributed by atoms with Crippen LogP contribution in [0.3, 0.4) is 0 Å². The van der Waals surface area contributed by atoms with E-state index >= 15 is 0 Å². The van der Waals surface area contributed by atoms with Crippen molar-refractivity contribution in [3.63, 3.8) is 0 Å². The van der Waals surface area contributed by atoms with Gasteiger partial charge in [0.15, 0.2) is 0 Å². The van der Waals surface area contributed by atoms with E-state index in [1.165, 1.54) is 5.56 Å². The predicted octanol–water partition coefficient (Wildman–Crippen LogP) is 3.40. The molecule has 5 nitrogen and oxygen atoms in total. The van der Waals surface area contributed by atoms with Crippen LogP contribution < -0.4 is 16.0 Å². The first-order valence-electron chi connectivity index (χ1n) is 7.00. The van der Waals surface area contributed by atoms with E-state index in [0.717, 1.165) is 12.2 Å². The summed E-state index contributed by atoms with van der Waals surface area (Å²) in [6, 6.07) is 11.4. The van der Waals surface area contributed by atoms with E-state index in [1.807, 2.05) is 24.3 Å². The Morgan fingerprint density at radius 3 is 2.48 bits per heavy atom. The van der Waals surface area contributed by atoms with Gasteiger partial charge in [0.25, 0.3) is 0 Å². The van der Waals surface area contributed by atoms with Crippen molar-refractivity contribution < 1.29 is 4.79 Å². The van der Waals surface area contributed by atoms with Gasteiger partial charge in [0.05, 0.1) is 11.9 Å². The molecule has 1 heterocycles. The van der Waals surface area contributed by atoms with Gasteiger partial charge in [-0.2, -0.15) is 0 Å². The maximum atomic E-state index is 11.8. The van der Waals surface area contributed by atoms with E-state index in [4.69, 9.17) is 0 Å². The minimum absolute atomic E-state index is 0.282. The summed E-state index contributed by atoms with van der Waals surface area (Å²) in [4.78, 5) is 15.8. The smallest absolute Gasteiger partial charge is 0.310 e. The largest absolute Gasteiger partial charge is 0.323 e. The number of hydrogen-bond donors (Lipinski definition) is 3. The fraction of sp³-hybridized carbons (Fsp3) is 0.250. The Labute approximate surface area is 124 Å². The summed E-state index contributed by atoms with van der Waals surface area (Å²) in [5.41, 5.74) is 2.60. The van der Waals surface area contributed by atoms with Crippen LogP contribution in [-0.2, 0) is 0 Å². The van der Waals surface area contributed by atoms with Crippen LogP contribution in [0.5, 0.6) is 0 Å². The zero-order valence-corrected chi connectivity index (χ0v) is 12.3. The molecule has 0 bridgehead atoms. The predicted molar refractivity (Wildman–Crippen MR) is 85.4 cm³/mol. The molecule has 0 saturated carbocycles. The number of anilines is 2. The highest BCUT2D eigenvalue weighted by Crippen LogP contribution is 2.16. The van der Waals surface area contributed by atoms with Gasteiger partial charge in [0.2, 0.25) is 0 Å². The molecule has 5 heteroatoms. The van der Waals surface area contributed by atoms with E-state index < -0.39 is 0 Å². The van der Waals surface area contributed by atoms with Gasteiger partial charge in [0.1, 0.15) is 0 Å². The van der Waals surface area contributed by atoms with Crippen LogP contribution in [-0.4, -0.2) is 17.6 Å². The van der Waals surface area contributed by atoms with Gasteiger partial charge in [-0.05, 0) is 43.3 Å². The molecule has 110 valence electrons. The first-order chi connectivity index (χ1) is 10.2. The Morgan fingerprint density at radius 1 is 1.14 bits per heavy atom. The lowest BCUT2D eigenvalue weighted by molar-refractivity contribution is 0.262. The third-order valence-electron chi connectivity index (χ3n) is 3.10. The fourth-order valence-electron chi connectivity index (χ4n) is 2.01. The van der Waals surface area contributed by atoms with Crippen LogP contribution in [0, 0.1) is 0 Å². The average Bonchev–Trinajstić information content (AvgIpc) is 2.49. The second-order valence-corrected chi connectivity index (χ2v) is 4.72. The number of benzene rings is 1. The van der Waals surface area contributed by atoms with Crippen LogP contribution >= 0.6 is 0 Å². The fourth-order valence-corrected chi connectivity index (χ4v) is 2.01. The number of amides is 2. The number of nitrogens with zero attached hydrogens (tertiary/aromatic N) is 1. The topological polar surface area (TPSA) is 66.0 Å². The summed E-state index contributed by atoms with van der Waals surface area (Å²) in [5.74, 6) is 0. The summed E-state index contributed by atoms with van der Waals surface area (Å²) in [6.07, 6.45) is 3.26. The van der Waals surface area contributed by atoms with Crippen LogP contribution in [0.15, 0.2) is 48.8 Å². The SMILES string of the molecule is CCNC(C)c1ccc(NC(=O)Nc2cccnc2)cc1. The number of pyridine rings is 1. The highest BCUT2D eigenvalue weighted by molar-refractivity contribution is 5.99. The second kappa shape index (κ2) is 7.40. The lowest BCUT2D eigenvalue weighted by atomic mass is 10.1. The van der Waals surface area contributed by atoms with Gasteiger partial charge in [-0.15, -0.1) is 0 Å². The number of aromatic nitrogens is 1. The molecule has 1 aromatic carbocycles. The van der Waals surface area contributed by atoms with Crippen molar-refractivity contribution in [2.24, 2.45) is 0 Å². The lowest BCUT2D eigenvalue weighted by Gasteiger charge is -2.13. The Balaban J connectivity index is 1.92. The number of rotatable bonds is 5. The maximum absolute atomic E-state index is 11.8. The molecule has 0 saturated heterocycles. The van der Waals surface area contributed by atoms with Gasteiger partial charge < -0.3 is 16.0 Å². The van der Waals surface area contributed by atoms with Crippen molar-refractivity contribution in [3.05, 3.63) is 54.4 Å². The Morgan fingerprint density at radius 2 is 1.86 bits per heavy atom. The third kappa shape index (κ3) is 4.57. The molecule has 0 aliphatic rings. The molecule has 0 aliphatic carbocycles. The van der Waals surface area contributed by atoms with E-state index in [-0.39, 0.29) is 6.03 Å². The van der Waals surface area contributed by atoms with Gasteiger partial charge in [-0.1, -0.05) is 19.1 Å². The average molecular weight is 284 g/mol. The molecule has 0 fully saturated rings. The number of hydrogen-bond acceptors (Lipinski definition) is 3. The minimum atomic E-state index is -0.282. The second-order valence-electron chi connectivity index (χ2n) is 4.72. The van der Waals surface area contributed by atoms with Gasteiger partial charge in [0, 0.05) is 17.9 Å². The quantitative estimate of drug-likeness (QED) is 0.788. The molecule has 1 unspecified atom stereocenters. The van der Waals surface area contributed by atoms with Crippen LogP contribution in [0.2, 0.25) is 0 Å². The van der Waals surface area contributed by atoms with Gasteiger partial charge >= 0.3 is 6.03 Å². The Hall–Kier alpha value is -2.40. The molecular formula is C16H20N4O. The van der Waals surface area contributed by atoms with Crippen molar-refractivity contribution in [1.29, 1.82) is 0 Å². The van der Waals surface area contributed by atoms with E-state index in [9.17, 15) is 4.79 Å². The summed E-state index contributed by atoms with van der Waals surface area (Å²) in [7, 11) is 0. The summed E-state index contributed by atoms with van der Waals surface area (Å²) in [6.45, 7) is 5.12. The first-order valence-corrected chi connectivity index (χ1v) is 7.00. The number of carbonyl (C=O) groups is 1. The van der Waals surface area contributed by atoms with E-state index in [0.29, 0.717) is 11.7 Å². The number of carbonyl (C=O) groups excluding carboxylic acids is 1. The zero-order valence-electron chi connectivity index (χ0n) is 12.3. The standard InChI is InChI=1S/C16H20N4O/c1-3-18-12(2)13-6-8-14(9-7-13)19-16(21)20-15-5-4-10-17-11-15/h4-12,18H,3H2,1-2H3,(H2,19,20,21). The monoisotopic (exact) mass is 284 g/mol. The molecule has 1 atom stereocenters. The van der Waals surface area contributed by atoms with Crippen molar-refractivity contribution in [2.75, 3.05) is 17.2 Å². The molecule has 0 aliphatic heterocycles. The molecule has 0 radical (unpaired) electrons. The summed E-state index contributed by atoms with van der Waals surface area (Å²) < 4.78 is 0. The van der Waals surface area contributed by atoms with Crippen molar-refractivity contribution in [2.45, 2.75) is 19.9 Å². The first kappa shape index (κ1) is 15.0. The molecule has 3 N–H and O–H groups in total. The molecule has 2 aromatic rings. The molecule has 2 rings (SSSR count). The molecule has 0 spiro atoms. The maximum Gasteiger partial charge on any atom is 0.323 e. The number of urea groups is 1. The van der Waals surface area contributed by atoms with Crippen LogP contribution in [0.1, 0.15) is 25.5 Å². The molecule has 21 heavy (non-hydrogen) atoms. The van der Waals surface area contributed by atoms with E-state index in [2.05, 4.69) is 34.8 Å². The van der Waals surface area contributed by atoms with E-state index in [1.54, 1.807) is 24.5 Å². The summed E-state index contributed by atoms with van der Waals surface area (Å²) in [5, 5.41) is 8.86. The molecule has 1 aromatic heterocycles. The summed E-state index contributed by atoms with van der Waals surface area (Å²) >= 11 is 0. The zero-order chi connectivity index (χ0) is 15.1. The van der Waals surface area contributed by atoms with Crippen LogP contribution in [0.4, 0.5) is 16.2 Å². The highest BCUT2D eigenvalue weighted by Gasteiger charge is 2.05. The lowest BCUT2D eigenvalue weighted by Crippen LogP contribution is -2.20. The van der Waals surface area contributed by atoms with Crippen molar-refractivity contribution >= 4 is 17.4 Å². The highest BCUT2D eigenvalue weighted by atomic mass is 16.2. The Bertz CT molecular complexity index is 569. The van der Waals surface area contributed by atoms with Crippen molar-refractivity contribution in [1.82, 2.24) is 10.3 Å². The molecular weight excluding hydrogens is 264 g/mol. The minimum Gasteiger partial charge on any atom is -0.310 e. The van der Waals surface area contributed by atoms with Crippen molar-refractivity contribution in [3.8, 4) is 0 Å². The Kier molecular flexibility index (Phi) is 5.29.